The predicted octanol–water partition coefficient (Wildman–Crippen LogP) is 3.54. The molecule has 5 nitrogen and oxygen atoms in total. The number of hydrogen-bond donors (Lipinski definition) is 1. The molecule has 0 radical (unpaired) electrons. The van der Waals surface area contributed by atoms with Crippen molar-refractivity contribution in [2.24, 2.45) is 5.41 Å². The van der Waals surface area contributed by atoms with E-state index in [0.29, 0.717) is 5.82 Å². The Bertz CT molecular complexity index is 472. The van der Waals surface area contributed by atoms with Gasteiger partial charge >= 0.3 is 5.97 Å². The van der Waals surface area contributed by atoms with Crippen LogP contribution in [-0.2, 0) is 4.74 Å². The fourth-order valence-electron chi connectivity index (χ4n) is 1.89. The Labute approximate surface area is 125 Å². The summed E-state index contributed by atoms with van der Waals surface area (Å²) in [5.41, 5.74) is 0.220. The number of rotatable bonds is 5. The van der Waals surface area contributed by atoms with Gasteiger partial charge in [0.1, 0.15) is 5.82 Å². The summed E-state index contributed by atoms with van der Waals surface area (Å²) in [6.45, 7) is 8.60. The van der Waals surface area contributed by atoms with E-state index in [1.54, 1.807) is 6.07 Å². The van der Waals surface area contributed by atoms with E-state index in [4.69, 9.17) is 11.6 Å². The minimum absolute atomic E-state index is 0.0274. The largest absolute Gasteiger partial charge is 0.464 e. The SMILES string of the molecule is CCCC(Nc1cc(C(=O)OC)nc(Cl)n1)C(C)(C)C. The van der Waals surface area contributed by atoms with Crippen molar-refractivity contribution in [3.63, 3.8) is 0 Å². The van der Waals surface area contributed by atoms with E-state index in [-0.39, 0.29) is 22.4 Å². The van der Waals surface area contributed by atoms with Crippen LogP contribution in [0.2, 0.25) is 5.28 Å². The van der Waals surface area contributed by atoms with Crippen molar-refractivity contribution >= 4 is 23.4 Å². The number of nitrogens with one attached hydrogen (secondary N) is 1. The first-order valence-electron chi connectivity index (χ1n) is 6.67. The quantitative estimate of drug-likeness (QED) is 0.665. The maximum atomic E-state index is 11.5. The Morgan fingerprint density at radius 1 is 1.45 bits per heavy atom. The molecule has 0 fully saturated rings. The van der Waals surface area contributed by atoms with Gasteiger partial charge in [0, 0.05) is 12.1 Å². The molecule has 112 valence electrons. The van der Waals surface area contributed by atoms with Crippen LogP contribution in [-0.4, -0.2) is 29.1 Å². The van der Waals surface area contributed by atoms with Crippen molar-refractivity contribution in [2.75, 3.05) is 12.4 Å². The molecule has 1 aromatic rings. The second-order valence-electron chi connectivity index (χ2n) is 5.75. The lowest BCUT2D eigenvalue weighted by Crippen LogP contribution is -2.34. The van der Waals surface area contributed by atoms with Crippen LogP contribution in [0.5, 0.6) is 0 Å². The molecule has 1 rings (SSSR count). The van der Waals surface area contributed by atoms with Gasteiger partial charge in [0.2, 0.25) is 5.28 Å². The second-order valence-corrected chi connectivity index (χ2v) is 6.09. The first-order valence-corrected chi connectivity index (χ1v) is 7.05. The van der Waals surface area contributed by atoms with Crippen LogP contribution in [0.25, 0.3) is 0 Å². The molecule has 0 saturated heterocycles. The van der Waals surface area contributed by atoms with Crippen molar-refractivity contribution in [3.8, 4) is 0 Å². The van der Waals surface area contributed by atoms with Gasteiger partial charge in [-0.1, -0.05) is 34.1 Å². The van der Waals surface area contributed by atoms with Gasteiger partial charge in [-0.05, 0) is 23.4 Å². The molecule has 0 aliphatic heterocycles. The van der Waals surface area contributed by atoms with Crippen LogP contribution < -0.4 is 5.32 Å². The van der Waals surface area contributed by atoms with E-state index in [1.165, 1.54) is 7.11 Å². The van der Waals surface area contributed by atoms with Gasteiger partial charge < -0.3 is 10.1 Å². The molecule has 0 spiro atoms. The lowest BCUT2D eigenvalue weighted by atomic mass is 9.84. The van der Waals surface area contributed by atoms with Crippen LogP contribution >= 0.6 is 11.6 Å². The number of anilines is 1. The van der Waals surface area contributed by atoms with E-state index in [1.807, 2.05) is 0 Å². The zero-order valence-corrected chi connectivity index (χ0v) is 13.4. The Hall–Kier alpha value is -1.36. The van der Waals surface area contributed by atoms with Crippen molar-refractivity contribution < 1.29 is 9.53 Å². The third-order valence-corrected chi connectivity index (χ3v) is 3.21. The summed E-state index contributed by atoms with van der Waals surface area (Å²) in [4.78, 5) is 19.5. The number of aromatic nitrogens is 2. The minimum atomic E-state index is -0.528. The highest BCUT2D eigenvalue weighted by Gasteiger charge is 2.24. The summed E-state index contributed by atoms with van der Waals surface area (Å²) in [6, 6.07) is 1.79. The fourth-order valence-corrected chi connectivity index (χ4v) is 2.07. The van der Waals surface area contributed by atoms with Crippen LogP contribution in [0.15, 0.2) is 6.07 Å². The molecule has 1 N–H and O–H groups in total. The zero-order valence-electron chi connectivity index (χ0n) is 12.7. The van der Waals surface area contributed by atoms with Crippen LogP contribution in [0.1, 0.15) is 51.0 Å². The summed E-state index contributed by atoms with van der Waals surface area (Å²) in [5.74, 6) is 0.0129. The summed E-state index contributed by atoms with van der Waals surface area (Å²) in [7, 11) is 1.31. The fraction of sp³-hybridized carbons (Fsp3) is 0.643. The molecule has 20 heavy (non-hydrogen) atoms. The van der Waals surface area contributed by atoms with E-state index >= 15 is 0 Å². The number of ether oxygens (including phenoxy) is 1. The monoisotopic (exact) mass is 299 g/mol. The topological polar surface area (TPSA) is 64.1 Å². The highest BCUT2D eigenvalue weighted by molar-refractivity contribution is 6.28. The smallest absolute Gasteiger partial charge is 0.356 e. The zero-order chi connectivity index (χ0) is 15.3. The Kier molecular flexibility index (Phi) is 5.74. The molecule has 6 heteroatoms. The minimum Gasteiger partial charge on any atom is -0.464 e. The van der Waals surface area contributed by atoms with Gasteiger partial charge in [-0.2, -0.15) is 0 Å². The predicted molar refractivity (Wildman–Crippen MR) is 80.2 cm³/mol. The molecule has 1 aromatic heterocycles. The van der Waals surface area contributed by atoms with Gasteiger partial charge in [0.25, 0.3) is 0 Å². The maximum Gasteiger partial charge on any atom is 0.356 e. The molecule has 0 aliphatic rings. The first-order chi connectivity index (χ1) is 9.27. The lowest BCUT2D eigenvalue weighted by Gasteiger charge is -2.31. The Balaban J connectivity index is 3.01. The average Bonchev–Trinajstić information content (AvgIpc) is 2.35. The number of carbonyl (C=O) groups is 1. The third kappa shape index (κ3) is 4.63. The van der Waals surface area contributed by atoms with Crippen LogP contribution in [0.4, 0.5) is 5.82 Å². The van der Waals surface area contributed by atoms with Crippen molar-refractivity contribution in [1.82, 2.24) is 9.97 Å². The van der Waals surface area contributed by atoms with E-state index < -0.39 is 5.97 Å². The molecule has 1 atom stereocenters. The molecule has 1 heterocycles. The van der Waals surface area contributed by atoms with Gasteiger partial charge in [-0.15, -0.1) is 0 Å². The van der Waals surface area contributed by atoms with Gasteiger partial charge in [-0.25, -0.2) is 14.8 Å². The molecule has 0 saturated carbocycles. The van der Waals surface area contributed by atoms with E-state index in [0.717, 1.165) is 12.8 Å². The second kappa shape index (κ2) is 6.88. The molecule has 0 aromatic carbocycles. The Morgan fingerprint density at radius 3 is 2.60 bits per heavy atom. The summed E-state index contributed by atoms with van der Waals surface area (Å²) in [5, 5.41) is 3.36. The maximum absolute atomic E-state index is 11.5. The summed E-state index contributed by atoms with van der Waals surface area (Å²) < 4.78 is 4.65. The van der Waals surface area contributed by atoms with Gasteiger partial charge in [0.05, 0.1) is 7.11 Å². The van der Waals surface area contributed by atoms with Crippen molar-refractivity contribution in [1.29, 1.82) is 0 Å². The van der Waals surface area contributed by atoms with E-state index in [2.05, 4.69) is 47.7 Å². The average molecular weight is 300 g/mol. The highest BCUT2D eigenvalue weighted by Crippen LogP contribution is 2.26. The molecular weight excluding hydrogens is 278 g/mol. The normalized spacial score (nSPS) is 12.9. The van der Waals surface area contributed by atoms with E-state index in [9.17, 15) is 4.79 Å². The lowest BCUT2D eigenvalue weighted by molar-refractivity contribution is 0.0594. The number of halogens is 1. The summed E-state index contributed by atoms with van der Waals surface area (Å²) >= 11 is 5.86. The number of nitrogens with zero attached hydrogens (tertiary/aromatic N) is 2. The first kappa shape index (κ1) is 16.7. The Morgan fingerprint density at radius 2 is 2.10 bits per heavy atom. The number of hydrogen-bond acceptors (Lipinski definition) is 5. The molecule has 0 amide bonds. The van der Waals surface area contributed by atoms with Crippen LogP contribution in [0, 0.1) is 5.41 Å². The highest BCUT2D eigenvalue weighted by atomic mass is 35.5. The van der Waals surface area contributed by atoms with Gasteiger partial charge in [0.15, 0.2) is 5.69 Å². The van der Waals surface area contributed by atoms with Crippen LogP contribution in [0.3, 0.4) is 0 Å². The number of methoxy groups -OCH3 is 1. The standard InChI is InChI=1S/C14H22ClN3O2/c1-6-7-10(14(2,3)4)17-11-8-9(12(19)20-5)16-13(15)18-11/h8,10H,6-7H2,1-5H3,(H,16,17,18). The molecular formula is C14H22ClN3O2. The molecule has 0 aliphatic carbocycles. The summed E-state index contributed by atoms with van der Waals surface area (Å²) in [6.07, 6.45) is 2.05. The number of carbonyl (C=O) groups excluding carboxylic acids is 1. The molecule has 0 bridgehead atoms. The number of esters is 1. The van der Waals surface area contributed by atoms with Crippen molar-refractivity contribution in [2.45, 2.75) is 46.6 Å². The molecule has 1 unspecified atom stereocenters. The van der Waals surface area contributed by atoms with Crippen molar-refractivity contribution in [3.05, 3.63) is 17.0 Å². The van der Waals surface area contributed by atoms with Gasteiger partial charge in [-0.3, -0.25) is 0 Å². The third-order valence-electron chi connectivity index (χ3n) is 3.04.